The highest BCUT2D eigenvalue weighted by molar-refractivity contribution is 7.80. The molecule has 118 valence electrons. The molecule has 0 bridgehead atoms. The van der Waals surface area contributed by atoms with Crippen LogP contribution in [0.25, 0.3) is 0 Å². The van der Waals surface area contributed by atoms with Crippen LogP contribution in [0.1, 0.15) is 20.8 Å². The van der Waals surface area contributed by atoms with Crippen molar-refractivity contribution in [3.05, 3.63) is 48.0 Å². The third-order valence-corrected chi connectivity index (χ3v) is 3.70. The van der Waals surface area contributed by atoms with Crippen molar-refractivity contribution in [2.45, 2.75) is 26.9 Å². The van der Waals surface area contributed by atoms with Crippen LogP contribution in [-0.4, -0.2) is 27.4 Å². The second-order valence-electron chi connectivity index (χ2n) is 5.97. The molecule has 0 saturated carbocycles. The Bertz CT molecular complexity index is 606. The number of imidazole rings is 1. The normalized spacial score (nSPS) is 12.7. The molecule has 1 heterocycles. The van der Waals surface area contributed by atoms with Crippen LogP contribution in [0.5, 0.6) is 5.75 Å². The first-order chi connectivity index (χ1) is 10.4. The summed E-state index contributed by atoms with van der Waals surface area (Å²) in [6.45, 7) is 6.64. The van der Waals surface area contributed by atoms with Crippen molar-refractivity contribution in [2.75, 3.05) is 6.61 Å². The minimum absolute atomic E-state index is 0.128. The van der Waals surface area contributed by atoms with Gasteiger partial charge in [-0.1, -0.05) is 32.4 Å². The first kappa shape index (κ1) is 16.8. The lowest BCUT2D eigenvalue weighted by atomic mass is 9.89. The molecule has 0 saturated heterocycles. The highest BCUT2D eigenvalue weighted by atomic mass is 35.5. The summed E-state index contributed by atoms with van der Waals surface area (Å²) in [4.78, 5) is 3.97. The predicted molar refractivity (Wildman–Crippen MR) is 91.5 cm³/mol. The van der Waals surface area contributed by atoms with Crippen molar-refractivity contribution < 1.29 is 9.47 Å². The highest BCUT2D eigenvalue weighted by Gasteiger charge is 2.28. The third kappa shape index (κ3) is 4.71. The molecule has 0 amide bonds. The second-order valence-corrected chi connectivity index (χ2v) is 6.76. The number of hydrogen-bond donors (Lipinski definition) is 0. The van der Waals surface area contributed by atoms with Gasteiger partial charge in [0.2, 0.25) is 0 Å². The smallest absolute Gasteiger partial charge is 0.269 e. The summed E-state index contributed by atoms with van der Waals surface area (Å²) in [5.74, 6) is 0.746. The van der Waals surface area contributed by atoms with E-state index in [1.54, 1.807) is 35.4 Å². The maximum Gasteiger partial charge on any atom is 0.269 e. The van der Waals surface area contributed by atoms with Gasteiger partial charge in [-0.25, -0.2) is 4.98 Å². The fourth-order valence-corrected chi connectivity index (χ4v) is 2.06. The van der Waals surface area contributed by atoms with E-state index in [0.717, 1.165) is 5.75 Å². The lowest BCUT2D eigenvalue weighted by Gasteiger charge is -2.31. The Morgan fingerprint density at radius 2 is 2.00 bits per heavy atom. The Hall–Kier alpha value is -1.59. The lowest BCUT2D eigenvalue weighted by molar-refractivity contribution is 0.0321. The zero-order chi connectivity index (χ0) is 16.2. The minimum Gasteiger partial charge on any atom is -0.490 e. The van der Waals surface area contributed by atoms with Crippen molar-refractivity contribution in [1.29, 1.82) is 0 Å². The minimum atomic E-state index is -0.196. The fourth-order valence-electron chi connectivity index (χ4n) is 1.71. The summed E-state index contributed by atoms with van der Waals surface area (Å²) in [5, 5.41) is 1.04. The standard InChI is InChI=1S/C16H19ClN2O2S/c1-16(2,3)14(21-15(22)19-9-8-18-11-19)10-20-13-6-4-12(17)5-7-13/h4-9,11,14H,10H2,1-3H3. The molecule has 0 aliphatic carbocycles. The SMILES string of the molecule is CC(C)(C)C(COc1ccc(Cl)cc1)OC(=S)n1ccnc1. The van der Waals surface area contributed by atoms with Crippen LogP contribution in [0.15, 0.2) is 43.0 Å². The maximum absolute atomic E-state index is 5.91. The van der Waals surface area contributed by atoms with E-state index in [1.807, 2.05) is 12.1 Å². The number of ether oxygens (including phenoxy) is 2. The van der Waals surface area contributed by atoms with Gasteiger partial charge in [-0.05, 0) is 36.5 Å². The molecular formula is C16H19ClN2O2S. The van der Waals surface area contributed by atoms with Gasteiger partial charge in [0.1, 0.15) is 24.8 Å². The molecule has 2 rings (SSSR count). The molecule has 0 N–H and O–H groups in total. The first-order valence-corrected chi connectivity index (χ1v) is 7.72. The van der Waals surface area contributed by atoms with Gasteiger partial charge in [0, 0.05) is 22.8 Å². The van der Waals surface area contributed by atoms with E-state index >= 15 is 0 Å². The van der Waals surface area contributed by atoms with E-state index < -0.39 is 0 Å². The molecule has 22 heavy (non-hydrogen) atoms. The molecule has 4 nitrogen and oxygen atoms in total. The van der Waals surface area contributed by atoms with E-state index in [0.29, 0.717) is 16.8 Å². The fraction of sp³-hybridized carbons (Fsp3) is 0.375. The van der Waals surface area contributed by atoms with E-state index in [-0.39, 0.29) is 11.5 Å². The topological polar surface area (TPSA) is 36.3 Å². The summed E-state index contributed by atoms with van der Waals surface area (Å²) in [6, 6.07) is 7.24. The monoisotopic (exact) mass is 338 g/mol. The van der Waals surface area contributed by atoms with Crippen molar-refractivity contribution in [1.82, 2.24) is 9.55 Å². The molecule has 1 unspecified atom stereocenters. The Morgan fingerprint density at radius 3 is 2.55 bits per heavy atom. The van der Waals surface area contributed by atoms with Gasteiger partial charge >= 0.3 is 0 Å². The Morgan fingerprint density at radius 1 is 1.32 bits per heavy atom. The van der Waals surface area contributed by atoms with Gasteiger partial charge in [-0.2, -0.15) is 0 Å². The number of thiocarbonyl (C=S) groups is 1. The van der Waals surface area contributed by atoms with Gasteiger partial charge in [0.05, 0.1) is 0 Å². The number of rotatable bonds is 4. The molecule has 0 fully saturated rings. The quantitative estimate of drug-likeness (QED) is 0.783. The van der Waals surface area contributed by atoms with Crippen LogP contribution in [0.3, 0.4) is 0 Å². The summed E-state index contributed by atoms with van der Waals surface area (Å²) in [7, 11) is 0. The second kappa shape index (κ2) is 7.11. The highest BCUT2D eigenvalue weighted by Crippen LogP contribution is 2.24. The lowest BCUT2D eigenvalue weighted by Crippen LogP contribution is -2.37. The molecule has 0 radical (unpaired) electrons. The third-order valence-electron chi connectivity index (χ3n) is 3.14. The molecular weight excluding hydrogens is 320 g/mol. The number of aromatic nitrogens is 2. The molecule has 1 atom stereocenters. The number of halogens is 1. The molecule has 1 aromatic heterocycles. The largest absolute Gasteiger partial charge is 0.490 e. The van der Waals surface area contributed by atoms with E-state index in [4.69, 9.17) is 33.3 Å². The van der Waals surface area contributed by atoms with E-state index in [1.165, 1.54) is 0 Å². The van der Waals surface area contributed by atoms with Gasteiger partial charge < -0.3 is 9.47 Å². The van der Waals surface area contributed by atoms with Gasteiger partial charge in [0.15, 0.2) is 0 Å². The van der Waals surface area contributed by atoms with Crippen LogP contribution < -0.4 is 4.74 Å². The van der Waals surface area contributed by atoms with E-state index in [9.17, 15) is 0 Å². The van der Waals surface area contributed by atoms with Gasteiger partial charge in [-0.3, -0.25) is 4.57 Å². The first-order valence-electron chi connectivity index (χ1n) is 6.93. The maximum atomic E-state index is 5.91. The Kier molecular flexibility index (Phi) is 5.42. The van der Waals surface area contributed by atoms with Gasteiger partial charge in [0.25, 0.3) is 5.17 Å². The zero-order valence-electron chi connectivity index (χ0n) is 12.8. The summed E-state index contributed by atoms with van der Waals surface area (Å²) in [6.07, 6.45) is 4.83. The number of benzene rings is 1. The van der Waals surface area contributed by atoms with Gasteiger partial charge in [-0.15, -0.1) is 0 Å². The number of hydrogen-bond acceptors (Lipinski definition) is 4. The van der Waals surface area contributed by atoms with Crippen molar-refractivity contribution in [2.24, 2.45) is 5.41 Å². The van der Waals surface area contributed by atoms with E-state index in [2.05, 4.69) is 25.8 Å². The summed E-state index contributed by atoms with van der Waals surface area (Å²) in [5.41, 5.74) is -0.128. The van der Waals surface area contributed by atoms with Crippen LogP contribution in [0, 0.1) is 5.41 Å². The average molecular weight is 339 g/mol. The molecule has 0 aliphatic rings. The zero-order valence-corrected chi connectivity index (χ0v) is 14.4. The predicted octanol–water partition coefficient (Wildman–Crippen LogP) is 4.18. The van der Waals surface area contributed by atoms with Crippen LogP contribution >= 0.6 is 23.8 Å². The Labute approximate surface area is 141 Å². The van der Waals surface area contributed by atoms with Crippen molar-refractivity contribution in [3.63, 3.8) is 0 Å². The molecule has 0 spiro atoms. The summed E-state index contributed by atoms with van der Waals surface area (Å²) < 4.78 is 13.4. The molecule has 6 heteroatoms. The van der Waals surface area contributed by atoms with Crippen molar-refractivity contribution in [3.8, 4) is 5.75 Å². The van der Waals surface area contributed by atoms with Crippen LogP contribution in [0.2, 0.25) is 5.02 Å². The number of nitrogens with zero attached hydrogens (tertiary/aromatic N) is 2. The average Bonchev–Trinajstić information content (AvgIpc) is 2.98. The van der Waals surface area contributed by atoms with Crippen molar-refractivity contribution >= 4 is 29.0 Å². The summed E-state index contributed by atoms with van der Waals surface area (Å²) >= 11 is 11.2. The molecule has 2 aromatic rings. The Balaban J connectivity index is 2.00. The van der Waals surface area contributed by atoms with Crippen LogP contribution in [-0.2, 0) is 4.74 Å². The molecule has 0 aliphatic heterocycles. The molecule has 1 aromatic carbocycles. The van der Waals surface area contributed by atoms with Crippen LogP contribution in [0.4, 0.5) is 0 Å².